The molecule has 150 valence electrons. The fourth-order valence-electron chi connectivity index (χ4n) is 3.66. The number of ether oxygens (including phenoxy) is 2. The van der Waals surface area contributed by atoms with Crippen LogP contribution in [0.1, 0.15) is 31.9 Å². The monoisotopic (exact) mass is 385 g/mol. The molecule has 0 spiro atoms. The lowest BCUT2D eigenvalue weighted by Crippen LogP contribution is -2.47. The highest BCUT2D eigenvalue weighted by atomic mass is 16.5. The second kappa shape index (κ2) is 7.96. The van der Waals surface area contributed by atoms with Gasteiger partial charge in [0, 0.05) is 18.7 Å². The van der Waals surface area contributed by atoms with E-state index in [4.69, 9.17) is 9.47 Å². The Bertz CT molecular complexity index is 811. The molecular weight excluding hydrogens is 358 g/mol. The van der Waals surface area contributed by atoms with E-state index in [1.54, 1.807) is 31.3 Å². The van der Waals surface area contributed by atoms with Gasteiger partial charge in [-0.05, 0) is 31.0 Å². The first-order valence-electron chi connectivity index (χ1n) is 9.41. The molecule has 0 bridgehead atoms. The summed E-state index contributed by atoms with van der Waals surface area (Å²) in [5, 5.41) is 2.97. The third kappa shape index (κ3) is 3.32. The van der Waals surface area contributed by atoms with Crippen molar-refractivity contribution >= 4 is 11.9 Å². The summed E-state index contributed by atoms with van der Waals surface area (Å²) < 4.78 is 10.7. The van der Waals surface area contributed by atoms with Crippen molar-refractivity contribution < 1.29 is 19.1 Å². The molecule has 28 heavy (non-hydrogen) atoms. The molecule has 0 saturated carbocycles. The standard InChI is InChI=1S/C21H27N3O4/c1-6-8-23-17-12-24(13(3)7-2)20(25)18(17)19(22-21(23)26)14-9-15(27-4)11-16(10-14)28-5/h6,9-11,13,19H,1,7-8,12H2,2-5H3,(H,22,26)/t13-,19+/m0/s1. The number of benzene rings is 1. The van der Waals surface area contributed by atoms with Crippen molar-refractivity contribution in [2.75, 3.05) is 27.3 Å². The number of carbonyl (C=O) groups is 2. The van der Waals surface area contributed by atoms with Gasteiger partial charge in [0.15, 0.2) is 0 Å². The molecule has 0 aromatic heterocycles. The molecule has 0 saturated heterocycles. The summed E-state index contributed by atoms with van der Waals surface area (Å²) in [6.45, 7) is 8.57. The second-order valence-corrected chi connectivity index (χ2v) is 6.98. The van der Waals surface area contributed by atoms with E-state index in [1.165, 1.54) is 0 Å². The van der Waals surface area contributed by atoms with Crippen molar-refractivity contribution in [2.24, 2.45) is 0 Å². The van der Waals surface area contributed by atoms with Gasteiger partial charge in [-0.3, -0.25) is 9.69 Å². The van der Waals surface area contributed by atoms with Crippen LogP contribution in [0.2, 0.25) is 0 Å². The fourth-order valence-corrected chi connectivity index (χ4v) is 3.66. The molecule has 2 heterocycles. The smallest absolute Gasteiger partial charge is 0.322 e. The first kappa shape index (κ1) is 19.8. The highest BCUT2D eigenvalue weighted by Crippen LogP contribution is 2.39. The molecule has 3 amide bonds. The van der Waals surface area contributed by atoms with Gasteiger partial charge in [-0.1, -0.05) is 13.0 Å². The number of hydrogen-bond acceptors (Lipinski definition) is 4. The van der Waals surface area contributed by atoms with E-state index in [0.29, 0.717) is 30.2 Å². The van der Waals surface area contributed by atoms with E-state index in [-0.39, 0.29) is 18.0 Å². The van der Waals surface area contributed by atoms with Crippen molar-refractivity contribution in [3.05, 3.63) is 47.7 Å². The molecule has 2 aliphatic heterocycles. The summed E-state index contributed by atoms with van der Waals surface area (Å²) in [6, 6.07) is 4.67. The fraction of sp³-hybridized carbons (Fsp3) is 0.429. The third-order valence-corrected chi connectivity index (χ3v) is 5.39. The zero-order valence-corrected chi connectivity index (χ0v) is 16.8. The molecule has 7 heteroatoms. The number of nitrogens with zero attached hydrogens (tertiary/aromatic N) is 2. The predicted octanol–water partition coefficient (Wildman–Crippen LogP) is 2.85. The minimum absolute atomic E-state index is 0.0507. The summed E-state index contributed by atoms with van der Waals surface area (Å²) in [5.74, 6) is 1.15. The summed E-state index contributed by atoms with van der Waals surface area (Å²) >= 11 is 0. The first-order chi connectivity index (χ1) is 13.4. The highest BCUT2D eigenvalue weighted by molar-refractivity contribution is 6.01. The van der Waals surface area contributed by atoms with Crippen LogP contribution in [0.15, 0.2) is 42.1 Å². The van der Waals surface area contributed by atoms with Gasteiger partial charge >= 0.3 is 6.03 Å². The van der Waals surface area contributed by atoms with E-state index in [9.17, 15) is 9.59 Å². The van der Waals surface area contributed by atoms with Crippen LogP contribution in [-0.2, 0) is 4.79 Å². The van der Waals surface area contributed by atoms with Crippen molar-refractivity contribution in [3.8, 4) is 11.5 Å². The van der Waals surface area contributed by atoms with Crippen LogP contribution in [0.4, 0.5) is 4.79 Å². The lowest BCUT2D eigenvalue weighted by atomic mass is 9.95. The van der Waals surface area contributed by atoms with Crippen LogP contribution in [-0.4, -0.2) is 55.1 Å². The van der Waals surface area contributed by atoms with Crippen LogP contribution < -0.4 is 14.8 Å². The summed E-state index contributed by atoms with van der Waals surface area (Å²) in [5.41, 5.74) is 2.08. The molecule has 0 unspecified atom stereocenters. The highest BCUT2D eigenvalue weighted by Gasteiger charge is 2.44. The number of nitrogens with one attached hydrogen (secondary N) is 1. The number of hydrogen-bond donors (Lipinski definition) is 1. The molecule has 1 aromatic carbocycles. The summed E-state index contributed by atoms with van der Waals surface area (Å²) in [7, 11) is 3.14. The SMILES string of the molecule is C=CCN1C(=O)N[C@H](c2cc(OC)cc(OC)c2)C2=C1CN([C@@H](C)CC)C2=O. The molecule has 3 rings (SSSR count). The molecule has 2 aliphatic rings. The maximum atomic E-state index is 13.3. The zero-order valence-electron chi connectivity index (χ0n) is 16.8. The second-order valence-electron chi connectivity index (χ2n) is 6.98. The van der Waals surface area contributed by atoms with Crippen molar-refractivity contribution in [1.82, 2.24) is 15.1 Å². The number of carbonyl (C=O) groups excluding carboxylic acids is 2. The van der Waals surface area contributed by atoms with Gasteiger partial charge in [-0.25, -0.2) is 4.79 Å². The van der Waals surface area contributed by atoms with Gasteiger partial charge in [0.25, 0.3) is 5.91 Å². The largest absolute Gasteiger partial charge is 0.497 e. The van der Waals surface area contributed by atoms with Crippen LogP contribution >= 0.6 is 0 Å². The molecule has 2 atom stereocenters. The van der Waals surface area contributed by atoms with E-state index < -0.39 is 6.04 Å². The van der Waals surface area contributed by atoms with Crippen LogP contribution in [0, 0.1) is 0 Å². The molecule has 1 aromatic rings. The number of methoxy groups -OCH3 is 2. The Morgan fingerprint density at radius 2 is 1.89 bits per heavy atom. The number of urea groups is 1. The van der Waals surface area contributed by atoms with Crippen LogP contribution in [0.5, 0.6) is 11.5 Å². The molecule has 0 aliphatic carbocycles. The molecule has 1 N–H and O–H groups in total. The van der Waals surface area contributed by atoms with Gasteiger partial charge in [0.1, 0.15) is 11.5 Å². The van der Waals surface area contributed by atoms with Crippen molar-refractivity contribution in [3.63, 3.8) is 0 Å². The Morgan fingerprint density at radius 3 is 2.43 bits per heavy atom. The maximum Gasteiger partial charge on any atom is 0.322 e. The average Bonchev–Trinajstić information content (AvgIpc) is 3.06. The summed E-state index contributed by atoms with van der Waals surface area (Å²) in [4.78, 5) is 29.5. The van der Waals surface area contributed by atoms with E-state index >= 15 is 0 Å². The topological polar surface area (TPSA) is 71.1 Å². The lowest BCUT2D eigenvalue weighted by Gasteiger charge is -2.33. The van der Waals surface area contributed by atoms with Gasteiger partial charge in [0.2, 0.25) is 0 Å². The Balaban J connectivity index is 2.11. The minimum Gasteiger partial charge on any atom is -0.497 e. The minimum atomic E-state index is -0.561. The molecule has 0 radical (unpaired) electrons. The van der Waals surface area contributed by atoms with Crippen molar-refractivity contribution in [1.29, 1.82) is 0 Å². The molecular formula is C21H27N3O4. The van der Waals surface area contributed by atoms with Gasteiger partial charge < -0.3 is 19.7 Å². The quantitative estimate of drug-likeness (QED) is 0.733. The number of amides is 3. The Morgan fingerprint density at radius 1 is 1.25 bits per heavy atom. The average molecular weight is 385 g/mol. The normalized spacial score (nSPS) is 20.1. The Kier molecular flexibility index (Phi) is 5.63. The predicted molar refractivity (Wildman–Crippen MR) is 106 cm³/mol. The Hall–Kier alpha value is -2.96. The van der Waals surface area contributed by atoms with E-state index in [2.05, 4.69) is 11.9 Å². The zero-order chi connectivity index (χ0) is 20.4. The molecule has 7 nitrogen and oxygen atoms in total. The van der Waals surface area contributed by atoms with Crippen LogP contribution in [0.3, 0.4) is 0 Å². The lowest BCUT2D eigenvalue weighted by molar-refractivity contribution is -0.127. The van der Waals surface area contributed by atoms with Gasteiger partial charge in [-0.15, -0.1) is 6.58 Å². The van der Waals surface area contributed by atoms with Crippen molar-refractivity contribution in [2.45, 2.75) is 32.4 Å². The van der Waals surface area contributed by atoms with Gasteiger partial charge in [0.05, 0.1) is 38.1 Å². The third-order valence-electron chi connectivity index (χ3n) is 5.39. The van der Waals surface area contributed by atoms with Gasteiger partial charge in [-0.2, -0.15) is 0 Å². The maximum absolute atomic E-state index is 13.3. The van der Waals surface area contributed by atoms with E-state index in [0.717, 1.165) is 17.7 Å². The first-order valence-corrected chi connectivity index (χ1v) is 9.41. The van der Waals surface area contributed by atoms with E-state index in [1.807, 2.05) is 30.9 Å². The summed E-state index contributed by atoms with van der Waals surface area (Å²) in [6.07, 6.45) is 2.50. The van der Waals surface area contributed by atoms with Crippen LogP contribution in [0.25, 0.3) is 0 Å². The Labute approximate surface area is 165 Å². The molecule has 0 fully saturated rings. The number of rotatable bonds is 7.